The van der Waals surface area contributed by atoms with Gasteiger partial charge in [0.25, 0.3) is 0 Å². The van der Waals surface area contributed by atoms with E-state index in [4.69, 9.17) is 4.74 Å². The minimum atomic E-state index is -3.80. The van der Waals surface area contributed by atoms with E-state index >= 15 is 0 Å². The van der Waals surface area contributed by atoms with E-state index in [1.165, 1.54) is 39.3 Å². The van der Waals surface area contributed by atoms with Crippen molar-refractivity contribution in [3.8, 4) is 5.75 Å². The molecule has 1 aromatic rings. The number of ether oxygens (including phenoxy) is 2. The summed E-state index contributed by atoms with van der Waals surface area (Å²) in [6, 6.07) is 3.33. The summed E-state index contributed by atoms with van der Waals surface area (Å²) in [6.07, 6.45) is 0. The first-order valence-electron chi connectivity index (χ1n) is 5.25. The summed E-state index contributed by atoms with van der Waals surface area (Å²) in [7, 11) is -1.13. The van der Waals surface area contributed by atoms with Gasteiger partial charge in [0.05, 0.1) is 23.6 Å². The van der Waals surface area contributed by atoms with Gasteiger partial charge in [-0.15, -0.1) is 0 Å². The van der Waals surface area contributed by atoms with E-state index in [-0.39, 0.29) is 4.90 Å². The van der Waals surface area contributed by atoms with Crippen molar-refractivity contribution in [2.75, 3.05) is 14.2 Å². The maximum atomic E-state index is 12.0. The fourth-order valence-corrected chi connectivity index (χ4v) is 3.25. The van der Waals surface area contributed by atoms with Crippen LogP contribution in [-0.2, 0) is 19.6 Å². The summed E-state index contributed by atoms with van der Waals surface area (Å²) < 4.78 is 36.3. The van der Waals surface area contributed by atoms with Crippen molar-refractivity contribution in [2.24, 2.45) is 0 Å². The second-order valence-corrected chi connectivity index (χ2v) is 6.23. The molecule has 0 radical (unpaired) electrons. The van der Waals surface area contributed by atoms with E-state index in [9.17, 15) is 13.2 Å². The molecule has 0 aliphatic heterocycles. The molecule has 0 saturated heterocycles. The molecule has 19 heavy (non-hydrogen) atoms. The molecule has 0 amide bonds. The number of benzene rings is 1. The number of hydrogen-bond donors (Lipinski definition) is 1. The Morgan fingerprint density at radius 1 is 1.37 bits per heavy atom. The van der Waals surface area contributed by atoms with Crippen LogP contribution in [0, 0.1) is 0 Å². The summed E-state index contributed by atoms with van der Waals surface area (Å²) in [4.78, 5) is 11.2. The molecule has 1 N–H and O–H groups in total. The van der Waals surface area contributed by atoms with Crippen LogP contribution in [0.15, 0.2) is 27.6 Å². The fraction of sp³-hybridized carbons (Fsp3) is 0.364. The van der Waals surface area contributed by atoms with Crippen molar-refractivity contribution < 1.29 is 22.7 Å². The standard InChI is InChI=1S/C11H14BrNO5S/c1-7(11(14)18-3)13-19(15,16)8-4-5-10(17-2)9(12)6-8/h4-7,13H,1-3H3/t7-/m1/s1. The summed E-state index contributed by atoms with van der Waals surface area (Å²) in [5, 5.41) is 0. The van der Waals surface area contributed by atoms with E-state index in [1.807, 2.05) is 0 Å². The molecule has 6 nitrogen and oxygen atoms in total. The van der Waals surface area contributed by atoms with E-state index < -0.39 is 22.0 Å². The molecule has 0 aromatic heterocycles. The first-order chi connectivity index (χ1) is 8.81. The Morgan fingerprint density at radius 3 is 2.47 bits per heavy atom. The highest BCUT2D eigenvalue weighted by Gasteiger charge is 2.23. The average molecular weight is 352 g/mol. The normalized spacial score (nSPS) is 12.8. The zero-order valence-corrected chi connectivity index (χ0v) is 13.0. The van der Waals surface area contributed by atoms with E-state index in [0.717, 1.165) is 0 Å². The molecule has 0 spiro atoms. The second kappa shape index (κ2) is 6.36. The highest BCUT2D eigenvalue weighted by molar-refractivity contribution is 9.10. The molecule has 0 aliphatic carbocycles. The van der Waals surface area contributed by atoms with E-state index in [0.29, 0.717) is 10.2 Å². The van der Waals surface area contributed by atoms with Crippen molar-refractivity contribution >= 4 is 31.9 Å². The molecule has 0 unspecified atom stereocenters. The lowest BCUT2D eigenvalue weighted by Crippen LogP contribution is -2.39. The number of sulfonamides is 1. The van der Waals surface area contributed by atoms with Gasteiger partial charge in [-0.05, 0) is 41.1 Å². The van der Waals surface area contributed by atoms with Gasteiger partial charge in [-0.1, -0.05) is 0 Å². The lowest BCUT2D eigenvalue weighted by molar-refractivity contribution is -0.142. The first kappa shape index (κ1) is 15.9. The maximum absolute atomic E-state index is 12.0. The number of nitrogens with one attached hydrogen (secondary N) is 1. The van der Waals surface area contributed by atoms with Crippen molar-refractivity contribution in [3.05, 3.63) is 22.7 Å². The zero-order valence-electron chi connectivity index (χ0n) is 10.6. The smallest absolute Gasteiger partial charge is 0.323 e. The Morgan fingerprint density at radius 2 is 2.00 bits per heavy atom. The van der Waals surface area contributed by atoms with Gasteiger partial charge in [0.1, 0.15) is 11.8 Å². The summed E-state index contributed by atoms with van der Waals surface area (Å²) in [5.74, 6) is -0.142. The summed E-state index contributed by atoms with van der Waals surface area (Å²) in [6.45, 7) is 1.40. The van der Waals surface area contributed by atoms with Gasteiger partial charge in [-0.2, -0.15) is 4.72 Å². The van der Waals surface area contributed by atoms with Crippen LogP contribution in [0.2, 0.25) is 0 Å². The van der Waals surface area contributed by atoms with Gasteiger partial charge in [0, 0.05) is 0 Å². The molecular formula is C11H14BrNO5S. The average Bonchev–Trinajstić information content (AvgIpc) is 2.37. The van der Waals surface area contributed by atoms with Gasteiger partial charge in [0.2, 0.25) is 10.0 Å². The van der Waals surface area contributed by atoms with Crippen LogP contribution in [0.1, 0.15) is 6.92 Å². The fourth-order valence-electron chi connectivity index (χ4n) is 1.34. The number of hydrogen-bond acceptors (Lipinski definition) is 5. The Balaban J connectivity index is 3.01. The predicted molar refractivity (Wildman–Crippen MR) is 72.5 cm³/mol. The molecule has 0 aliphatic rings. The summed E-state index contributed by atoms with van der Waals surface area (Å²) >= 11 is 3.20. The SMILES string of the molecule is COC(=O)[C@@H](C)NS(=O)(=O)c1ccc(OC)c(Br)c1. The molecular weight excluding hydrogens is 338 g/mol. The van der Waals surface area contributed by atoms with Gasteiger partial charge in [0.15, 0.2) is 0 Å². The number of carbonyl (C=O) groups excluding carboxylic acids is 1. The number of halogens is 1. The Kier molecular flexibility index (Phi) is 5.33. The number of methoxy groups -OCH3 is 2. The van der Waals surface area contributed by atoms with Crippen molar-refractivity contribution in [3.63, 3.8) is 0 Å². The molecule has 0 heterocycles. The van der Waals surface area contributed by atoms with Crippen molar-refractivity contribution in [1.82, 2.24) is 4.72 Å². The molecule has 1 rings (SSSR count). The van der Waals surface area contributed by atoms with Crippen LogP contribution in [0.3, 0.4) is 0 Å². The topological polar surface area (TPSA) is 81.7 Å². The molecule has 106 valence electrons. The lowest BCUT2D eigenvalue weighted by Gasteiger charge is -2.13. The van der Waals surface area contributed by atoms with E-state index in [1.54, 1.807) is 0 Å². The van der Waals surface area contributed by atoms with Gasteiger partial charge in [-0.3, -0.25) is 4.79 Å². The largest absolute Gasteiger partial charge is 0.496 e. The molecule has 0 fully saturated rings. The number of esters is 1. The van der Waals surface area contributed by atoms with Crippen LogP contribution in [0.4, 0.5) is 0 Å². The first-order valence-corrected chi connectivity index (χ1v) is 7.53. The number of rotatable bonds is 5. The van der Waals surface area contributed by atoms with Crippen molar-refractivity contribution in [1.29, 1.82) is 0 Å². The van der Waals surface area contributed by atoms with Crippen LogP contribution >= 0.6 is 15.9 Å². The molecule has 1 aromatic carbocycles. The second-order valence-electron chi connectivity index (χ2n) is 3.66. The van der Waals surface area contributed by atoms with Gasteiger partial charge >= 0.3 is 5.97 Å². The van der Waals surface area contributed by atoms with E-state index in [2.05, 4.69) is 25.4 Å². The highest BCUT2D eigenvalue weighted by atomic mass is 79.9. The van der Waals surface area contributed by atoms with Gasteiger partial charge in [-0.25, -0.2) is 8.42 Å². The monoisotopic (exact) mass is 351 g/mol. The third-order valence-corrected chi connectivity index (χ3v) is 4.48. The molecule has 0 bridgehead atoms. The third kappa shape index (κ3) is 3.92. The van der Waals surface area contributed by atoms with Crippen molar-refractivity contribution in [2.45, 2.75) is 17.9 Å². The van der Waals surface area contributed by atoms with Crippen LogP contribution in [-0.4, -0.2) is 34.6 Å². The quantitative estimate of drug-likeness (QED) is 0.808. The Bertz CT molecular complexity index is 572. The zero-order chi connectivity index (χ0) is 14.6. The minimum absolute atomic E-state index is 0.0240. The summed E-state index contributed by atoms with van der Waals surface area (Å²) in [5.41, 5.74) is 0. The Hall–Kier alpha value is -1.12. The molecule has 8 heteroatoms. The van der Waals surface area contributed by atoms with Gasteiger partial charge < -0.3 is 9.47 Å². The molecule has 1 atom stereocenters. The predicted octanol–water partition coefficient (Wildman–Crippen LogP) is 1.30. The van der Waals surface area contributed by atoms with Crippen LogP contribution in [0.5, 0.6) is 5.75 Å². The Labute approximate surface area is 120 Å². The molecule has 0 saturated carbocycles. The number of carbonyl (C=O) groups is 1. The van der Waals surface area contributed by atoms with Crippen LogP contribution < -0.4 is 9.46 Å². The maximum Gasteiger partial charge on any atom is 0.323 e. The van der Waals surface area contributed by atoms with Crippen LogP contribution in [0.25, 0.3) is 0 Å². The lowest BCUT2D eigenvalue weighted by atomic mass is 10.3. The minimum Gasteiger partial charge on any atom is -0.496 e. The third-order valence-electron chi connectivity index (χ3n) is 2.32. The highest BCUT2D eigenvalue weighted by Crippen LogP contribution is 2.27.